The van der Waals surface area contributed by atoms with Crippen molar-refractivity contribution in [2.75, 3.05) is 39.3 Å². The molecule has 1 atom stereocenters. The van der Waals surface area contributed by atoms with Gasteiger partial charge in [-0.1, -0.05) is 30.3 Å². The highest BCUT2D eigenvalue weighted by molar-refractivity contribution is 5.89. The number of hydrogen-bond donors (Lipinski definition) is 1. The van der Waals surface area contributed by atoms with Gasteiger partial charge in [-0.2, -0.15) is 0 Å². The molecule has 5 heteroatoms. The second-order valence-electron chi connectivity index (χ2n) is 9.28. The lowest BCUT2D eigenvalue weighted by atomic mass is 9.99. The molecule has 0 bridgehead atoms. The molecule has 1 unspecified atom stereocenters. The third-order valence-corrected chi connectivity index (χ3v) is 6.79. The molecule has 0 radical (unpaired) electrons. The van der Waals surface area contributed by atoms with E-state index in [0.29, 0.717) is 19.6 Å². The van der Waals surface area contributed by atoms with Gasteiger partial charge in [-0.25, -0.2) is 0 Å². The summed E-state index contributed by atoms with van der Waals surface area (Å²) < 4.78 is 0. The van der Waals surface area contributed by atoms with Gasteiger partial charge in [0.2, 0.25) is 5.91 Å². The highest BCUT2D eigenvalue weighted by Crippen LogP contribution is 2.22. The molecule has 4 rings (SSSR count). The number of carbonyl (C=O) groups excluding carboxylic acids is 1. The van der Waals surface area contributed by atoms with Gasteiger partial charge < -0.3 is 14.9 Å². The summed E-state index contributed by atoms with van der Waals surface area (Å²) in [5.74, 6) is 0.0176. The van der Waals surface area contributed by atoms with Crippen LogP contribution in [0.5, 0.6) is 0 Å². The molecule has 1 aromatic carbocycles. The van der Waals surface area contributed by atoms with E-state index in [1.54, 1.807) is 11.0 Å². The Morgan fingerprint density at radius 3 is 2.56 bits per heavy atom. The zero-order chi connectivity index (χ0) is 22.3. The van der Waals surface area contributed by atoms with E-state index in [2.05, 4.69) is 52.3 Å². The molecular formula is C27H37N3O2. The number of carbonyl (C=O) groups is 1. The Bertz CT molecular complexity index is 883. The van der Waals surface area contributed by atoms with Crippen molar-refractivity contribution in [1.82, 2.24) is 14.7 Å². The number of amides is 1. The Balaban J connectivity index is 1.32. The molecular weight excluding hydrogens is 398 g/mol. The zero-order valence-electron chi connectivity index (χ0n) is 19.4. The van der Waals surface area contributed by atoms with Gasteiger partial charge in [0.25, 0.3) is 0 Å². The number of aliphatic hydroxyl groups is 1. The van der Waals surface area contributed by atoms with Crippen molar-refractivity contribution < 1.29 is 9.90 Å². The van der Waals surface area contributed by atoms with Crippen LogP contribution in [0, 0.1) is 0 Å². The Labute approximate surface area is 192 Å². The van der Waals surface area contributed by atoms with E-state index in [4.69, 9.17) is 0 Å². The molecule has 1 saturated heterocycles. The molecule has 1 amide bonds. The van der Waals surface area contributed by atoms with Crippen molar-refractivity contribution in [2.45, 2.75) is 51.7 Å². The fraction of sp³-hybridized carbons (Fsp3) is 0.519. The first-order chi connectivity index (χ1) is 15.6. The molecule has 32 heavy (non-hydrogen) atoms. The number of fused-ring (bicyclic) bond motifs is 1. The van der Waals surface area contributed by atoms with Crippen LogP contribution in [0.3, 0.4) is 0 Å². The van der Waals surface area contributed by atoms with E-state index in [0.717, 1.165) is 44.6 Å². The van der Waals surface area contributed by atoms with Crippen LogP contribution in [0.15, 0.2) is 59.8 Å². The van der Waals surface area contributed by atoms with Crippen LogP contribution < -0.4 is 0 Å². The average Bonchev–Trinajstić information content (AvgIpc) is 2.81. The summed E-state index contributed by atoms with van der Waals surface area (Å²) in [5, 5.41) is 10.7. The number of nitrogens with zero attached hydrogens (tertiary/aromatic N) is 3. The quantitative estimate of drug-likeness (QED) is 0.666. The lowest BCUT2D eigenvalue weighted by Gasteiger charge is -2.33. The van der Waals surface area contributed by atoms with Crippen molar-refractivity contribution in [2.24, 2.45) is 0 Å². The van der Waals surface area contributed by atoms with Gasteiger partial charge in [-0.05, 0) is 67.9 Å². The van der Waals surface area contributed by atoms with E-state index in [1.807, 2.05) is 6.92 Å². The highest BCUT2D eigenvalue weighted by atomic mass is 16.3. The smallest absolute Gasteiger partial charge is 0.246 e. The van der Waals surface area contributed by atoms with Gasteiger partial charge in [0.15, 0.2) is 0 Å². The average molecular weight is 436 g/mol. The number of allylic oxidation sites excluding steroid dienone is 3. The third kappa shape index (κ3) is 5.90. The first kappa shape index (κ1) is 22.8. The van der Waals surface area contributed by atoms with Crippen LogP contribution in [-0.2, 0) is 17.8 Å². The number of aliphatic hydroxyl groups excluding tert-OH is 1. The minimum Gasteiger partial charge on any atom is -0.390 e. The fourth-order valence-electron chi connectivity index (χ4n) is 5.07. The van der Waals surface area contributed by atoms with E-state index in [-0.39, 0.29) is 5.91 Å². The van der Waals surface area contributed by atoms with Crippen LogP contribution in [0.4, 0.5) is 0 Å². The summed E-state index contributed by atoms with van der Waals surface area (Å²) in [4.78, 5) is 19.3. The Hall–Kier alpha value is -2.37. The second-order valence-corrected chi connectivity index (χ2v) is 9.28. The summed E-state index contributed by atoms with van der Waals surface area (Å²) in [5.41, 5.74) is 5.07. The minimum atomic E-state index is -0.526. The Kier molecular flexibility index (Phi) is 7.82. The van der Waals surface area contributed by atoms with Crippen LogP contribution in [0.25, 0.3) is 0 Å². The second kappa shape index (κ2) is 11.0. The largest absolute Gasteiger partial charge is 0.390 e. The van der Waals surface area contributed by atoms with Gasteiger partial charge in [0.05, 0.1) is 6.10 Å². The first-order valence-electron chi connectivity index (χ1n) is 12.2. The van der Waals surface area contributed by atoms with Gasteiger partial charge in [0, 0.05) is 57.6 Å². The molecule has 5 nitrogen and oxygen atoms in total. The molecule has 0 spiro atoms. The summed E-state index contributed by atoms with van der Waals surface area (Å²) in [7, 11) is 0. The lowest BCUT2D eigenvalue weighted by molar-refractivity contribution is -0.128. The van der Waals surface area contributed by atoms with E-state index < -0.39 is 6.10 Å². The molecule has 172 valence electrons. The minimum absolute atomic E-state index is 0.0176. The Morgan fingerprint density at radius 2 is 1.81 bits per heavy atom. The molecule has 0 aromatic heterocycles. The van der Waals surface area contributed by atoms with Crippen LogP contribution in [0.1, 0.15) is 43.7 Å². The SMILES string of the molecule is C/C=C\C(=C/C1=CC(=O)N(CC(O)CN2CCc3ccccc3C2)CC1)N1CCCCC1. The fourth-order valence-corrected chi connectivity index (χ4v) is 5.07. The van der Waals surface area contributed by atoms with Crippen molar-refractivity contribution in [1.29, 1.82) is 0 Å². The standard InChI is InChI=1S/C27H37N3O2/c1-2-8-25(29-13-6-3-7-14-29)17-22-11-16-30(27(32)18-22)21-26(31)20-28-15-12-23-9-4-5-10-24(23)19-28/h2,4-5,8-10,17-18,26,31H,3,6-7,11-16,19-21H2,1H3/b8-2-,25-17+. The zero-order valence-corrected chi connectivity index (χ0v) is 19.4. The van der Waals surface area contributed by atoms with E-state index in [9.17, 15) is 9.90 Å². The monoisotopic (exact) mass is 435 g/mol. The topological polar surface area (TPSA) is 47.0 Å². The van der Waals surface area contributed by atoms with Crippen molar-refractivity contribution in [3.8, 4) is 0 Å². The summed E-state index contributed by atoms with van der Waals surface area (Å²) in [6.45, 7) is 7.74. The van der Waals surface area contributed by atoms with Gasteiger partial charge in [0.1, 0.15) is 0 Å². The lowest BCUT2D eigenvalue weighted by Crippen LogP contribution is -2.45. The maximum atomic E-state index is 12.8. The molecule has 0 saturated carbocycles. The molecule has 3 aliphatic rings. The third-order valence-electron chi connectivity index (χ3n) is 6.79. The van der Waals surface area contributed by atoms with Gasteiger partial charge in [-0.15, -0.1) is 0 Å². The van der Waals surface area contributed by atoms with Gasteiger partial charge in [-0.3, -0.25) is 9.69 Å². The number of likely N-dealkylation sites (tertiary alicyclic amines) is 1. The maximum absolute atomic E-state index is 12.8. The molecule has 3 aliphatic heterocycles. The predicted octanol–water partition coefficient (Wildman–Crippen LogP) is 3.51. The number of β-amino-alcohol motifs (C(OH)–C–C–N with tert-alkyl or cyclic N) is 1. The molecule has 1 fully saturated rings. The molecule has 3 heterocycles. The highest BCUT2D eigenvalue weighted by Gasteiger charge is 2.24. The summed E-state index contributed by atoms with van der Waals surface area (Å²) in [6.07, 6.45) is 13.3. The van der Waals surface area contributed by atoms with Gasteiger partial charge >= 0.3 is 0 Å². The Morgan fingerprint density at radius 1 is 1.03 bits per heavy atom. The molecule has 1 aromatic rings. The van der Waals surface area contributed by atoms with E-state index in [1.165, 1.54) is 36.1 Å². The number of benzene rings is 1. The molecule has 1 N–H and O–H groups in total. The number of rotatable bonds is 7. The van der Waals surface area contributed by atoms with Crippen LogP contribution >= 0.6 is 0 Å². The summed E-state index contributed by atoms with van der Waals surface area (Å²) >= 11 is 0. The van der Waals surface area contributed by atoms with Crippen LogP contribution in [0.2, 0.25) is 0 Å². The summed E-state index contributed by atoms with van der Waals surface area (Å²) in [6, 6.07) is 8.54. The molecule has 0 aliphatic carbocycles. The normalized spacial score (nSPS) is 21.6. The van der Waals surface area contributed by atoms with Crippen LogP contribution in [-0.4, -0.2) is 71.1 Å². The first-order valence-corrected chi connectivity index (χ1v) is 12.2. The van der Waals surface area contributed by atoms with E-state index >= 15 is 0 Å². The number of piperidine rings is 1. The van der Waals surface area contributed by atoms with Crippen molar-refractivity contribution >= 4 is 5.91 Å². The predicted molar refractivity (Wildman–Crippen MR) is 129 cm³/mol. The number of hydrogen-bond acceptors (Lipinski definition) is 4. The maximum Gasteiger partial charge on any atom is 0.246 e. The van der Waals surface area contributed by atoms with Crippen molar-refractivity contribution in [3.63, 3.8) is 0 Å². The van der Waals surface area contributed by atoms with Crippen molar-refractivity contribution in [3.05, 3.63) is 71.0 Å².